The highest BCUT2D eigenvalue weighted by Crippen LogP contribution is 2.24. The minimum absolute atomic E-state index is 0.146. The van der Waals surface area contributed by atoms with Gasteiger partial charge in [-0.15, -0.1) is 0 Å². The van der Waals surface area contributed by atoms with E-state index in [4.69, 9.17) is 9.47 Å². The summed E-state index contributed by atoms with van der Waals surface area (Å²) < 4.78 is 10.7. The van der Waals surface area contributed by atoms with E-state index >= 15 is 0 Å². The van der Waals surface area contributed by atoms with Crippen LogP contribution in [0.25, 0.3) is 0 Å². The number of carbonyl (C=O) groups is 1. The second-order valence-corrected chi connectivity index (χ2v) is 5.63. The number of rotatable bonds is 4. The van der Waals surface area contributed by atoms with Gasteiger partial charge in [0.15, 0.2) is 6.10 Å². The lowest BCUT2D eigenvalue weighted by molar-refractivity contribution is -0.142. The topological polar surface area (TPSA) is 59.6 Å². The van der Waals surface area contributed by atoms with Gasteiger partial charge in [-0.1, -0.05) is 18.9 Å². The van der Waals surface area contributed by atoms with Gasteiger partial charge in [-0.05, 0) is 31.0 Å². The van der Waals surface area contributed by atoms with Crippen LogP contribution in [-0.4, -0.2) is 37.9 Å². The van der Waals surface area contributed by atoms with Gasteiger partial charge in [0, 0.05) is 17.4 Å². The molecule has 2 fully saturated rings. The van der Waals surface area contributed by atoms with Crippen LogP contribution in [0.1, 0.15) is 25.7 Å². The molecule has 1 saturated heterocycles. The van der Waals surface area contributed by atoms with Gasteiger partial charge in [-0.25, -0.2) is 0 Å². The Balaban J connectivity index is 1.58. The molecule has 1 atom stereocenters. The molecule has 1 aliphatic heterocycles. The molecule has 0 unspecified atom stereocenters. The Hall–Kier alpha value is -1.59. The van der Waals surface area contributed by atoms with Gasteiger partial charge in [-0.2, -0.15) is 0 Å². The van der Waals surface area contributed by atoms with Crippen LogP contribution in [0.3, 0.4) is 0 Å². The Morgan fingerprint density at radius 3 is 2.71 bits per heavy atom. The van der Waals surface area contributed by atoms with Crippen molar-refractivity contribution in [3.05, 3.63) is 24.3 Å². The molecule has 0 spiro atoms. The monoisotopic (exact) mass is 290 g/mol. The van der Waals surface area contributed by atoms with Gasteiger partial charge < -0.3 is 20.1 Å². The van der Waals surface area contributed by atoms with Crippen LogP contribution in [0.4, 0.5) is 11.4 Å². The molecule has 0 radical (unpaired) electrons. The molecule has 5 heteroatoms. The predicted octanol–water partition coefficient (Wildman–Crippen LogP) is 2.40. The summed E-state index contributed by atoms with van der Waals surface area (Å²) in [5.74, 6) is -0.146. The van der Waals surface area contributed by atoms with Gasteiger partial charge in [0.2, 0.25) is 0 Å². The van der Waals surface area contributed by atoms with Crippen LogP contribution in [-0.2, 0) is 14.3 Å². The van der Waals surface area contributed by atoms with Crippen molar-refractivity contribution in [3.63, 3.8) is 0 Å². The van der Waals surface area contributed by atoms with Gasteiger partial charge >= 0.3 is 0 Å². The third-order valence-corrected chi connectivity index (χ3v) is 3.96. The number of hydrogen-bond acceptors (Lipinski definition) is 4. The summed E-state index contributed by atoms with van der Waals surface area (Å²) in [4.78, 5) is 12.1. The number of nitrogens with one attached hydrogen (secondary N) is 2. The molecular formula is C16H22N2O3. The maximum absolute atomic E-state index is 12.1. The van der Waals surface area contributed by atoms with E-state index in [-0.39, 0.29) is 5.91 Å². The Labute approximate surface area is 125 Å². The van der Waals surface area contributed by atoms with E-state index in [1.807, 2.05) is 24.3 Å². The molecular weight excluding hydrogens is 268 g/mol. The summed E-state index contributed by atoms with van der Waals surface area (Å²) in [5.41, 5.74) is 1.85. The lowest BCUT2D eigenvalue weighted by atomic mass is 10.2. The zero-order valence-corrected chi connectivity index (χ0v) is 12.1. The van der Waals surface area contributed by atoms with Gasteiger partial charge in [0.1, 0.15) is 0 Å². The van der Waals surface area contributed by atoms with E-state index in [0.29, 0.717) is 25.9 Å². The standard InChI is InChI=1S/C16H22N2O3/c19-16(15-11-20-8-9-21-15)18-14-7-3-6-13(10-14)17-12-4-1-2-5-12/h3,6-7,10,12,15,17H,1-2,4-5,8-9,11H2,(H,18,19)/t15-/m1/s1. The fourth-order valence-electron chi connectivity index (χ4n) is 2.85. The molecule has 2 N–H and O–H groups in total. The second-order valence-electron chi connectivity index (χ2n) is 5.63. The van der Waals surface area contributed by atoms with Crippen LogP contribution in [0.2, 0.25) is 0 Å². The average Bonchev–Trinajstić information content (AvgIpc) is 3.01. The van der Waals surface area contributed by atoms with Crippen molar-refractivity contribution < 1.29 is 14.3 Å². The molecule has 1 amide bonds. The molecule has 3 rings (SSSR count). The molecule has 5 nitrogen and oxygen atoms in total. The lowest BCUT2D eigenvalue weighted by Crippen LogP contribution is -2.39. The second kappa shape index (κ2) is 6.91. The summed E-state index contributed by atoms with van der Waals surface area (Å²) in [6.07, 6.45) is 4.54. The van der Waals surface area contributed by atoms with Crippen molar-refractivity contribution in [1.82, 2.24) is 0 Å². The SMILES string of the molecule is O=C(Nc1cccc(NC2CCCC2)c1)[C@H]1COCCO1. The summed E-state index contributed by atoms with van der Waals surface area (Å²) in [6, 6.07) is 8.41. The minimum Gasteiger partial charge on any atom is -0.382 e. The van der Waals surface area contributed by atoms with Crippen molar-refractivity contribution in [2.24, 2.45) is 0 Å². The minimum atomic E-state index is -0.509. The Kier molecular flexibility index (Phi) is 4.72. The zero-order valence-electron chi connectivity index (χ0n) is 12.1. The molecule has 2 aliphatic rings. The number of hydrogen-bond donors (Lipinski definition) is 2. The van der Waals surface area contributed by atoms with E-state index < -0.39 is 6.10 Å². The third kappa shape index (κ3) is 3.95. The van der Waals surface area contributed by atoms with E-state index in [9.17, 15) is 4.79 Å². The van der Waals surface area contributed by atoms with Crippen molar-refractivity contribution >= 4 is 17.3 Å². The van der Waals surface area contributed by atoms with E-state index in [2.05, 4.69) is 10.6 Å². The normalized spacial score (nSPS) is 23.0. The Morgan fingerprint density at radius 1 is 1.14 bits per heavy atom. The molecule has 114 valence electrons. The summed E-state index contributed by atoms with van der Waals surface area (Å²) >= 11 is 0. The molecule has 0 aromatic heterocycles. The largest absolute Gasteiger partial charge is 0.382 e. The zero-order chi connectivity index (χ0) is 14.5. The van der Waals surface area contributed by atoms with Gasteiger partial charge in [0.05, 0.1) is 19.8 Å². The van der Waals surface area contributed by atoms with E-state index in [1.54, 1.807) is 0 Å². The predicted molar refractivity (Wildman–Crippen MR) is 81.5 cm³/mol. The van der Waals surface area contributed by atoms with Crippen LogP contribution in [0.5, 0.6) is 0 Å². The van der Waals surface area contributed by atoms with Crippen LogP contribution in [0.15, 0.2) is 24.3 Å². The highest BCUT2D eigenvalue weighted by molar-refractivity contribution is 5.94. The maximum Gasteiger partial charge on any atom is 0.255 e. The van der Waals surface area contributed by atoms with Crippen molar-refractivity contribution in [2.45, 2.75) is 37.8 Å². The quantitative estimate of drug-likeness (QED) is 0.894. The first-order chi connectivity index (χ1) is 10.3. The molecule has 1 heterocycles. The first-order valence-electron chi connectivity index (χ1n) is 7.68. The van der Waals surface area contributed by atoms with Crippen LogP contribution >= 0.6 is 0 Å². The lowest BCUT2D eigenvalue weighted by Gasteiger charge is -2.22. The number of amides is 1. The average molecular weight is 290 g/mol. The summed E-state index contributed by atoms with van der Waals surface area (Å²) in [6.45, 7) is 1.36. The highest BCUT2D eigenvalue weighted by atomic mass is 16.6. The Morgan fingerprint density at radius 2 is 1.95 bits per heavy atom. The molecule has 21 heavy (non-hydrogen) atoms. The number of benzene rings is 1. The first-order valence-corrected chi connectivity index (χ1v) is 7.68. The van der Waals surface area contributed by atoms with Crippen molar-refractivity contribution in [3.8, 4) is 0 Å². The maximum atomic E-state index is 12.1. The van der Waals surface area contributed by atoms with Gasteiger partial charge in [-0.3, -0.25) is 4.79 Å². The number of anilines is 2. The molecule has 1 aliphatic carbocycles. The van der Waals surface area contributed by atoms with Crippen molar-refractivity contribution in [2.75, 3.05) is 30.5 Å². The van der Waals surface area contributed by atoms with Crippen molar-refractivity contribution in [1.29, 1.82) is 0 Å². The highest BCUT2D eigenvalue weighted by Gasteiger charge is 2.22. The molecule has 1 saturated carbocycles. The van der Waals surface area contributed by atoms with Crippen LogP contribution < -0.4 is 10.6 Å². The Bertz CT molecular complexity index is 480. The number of carbonyl (C=O) groups excluding carboxylic acids is 1. The fourth-order valence-corrected chi connectivity index (χ4v) is 2.85. The number of ether oxygens (including phenoxy) is 2. The summed E-state index contributed by atoms with van der Waals surface area (Å²) in [7, 11) is 0. The third-order valence-electron chi connectivity index (χ3n) is 3.96. The smallest absolute Gasteiger partial charge is 0.255 e. The molecule has 1 aromatic rings. The molecule has 1 aromatic carbocycles. The van der Waals surface area contributed by atoms with E-state index in [0.717, 1.165) is 11.4 Å². The van der Waals surface area contributed by atoms with E-state index in [1.165, 1.54) is 25.7 Å². The summed E-state index contributed by atoms with van der Waals surface area (Å²) in [5, 5.41) is 6.42. The fraction of sp³-hybridized carbons (Fsp3) is 0.562. The van der Waals surface area contributed by atoms with Crippen LogP contribution in [0, 0.1) is 0 Å². The molecule has 0 bridgehead atoms. The first kappa shape index (κ1) is 14.4. The van der Waals surface area contributed by atoms with Gasteiger partial charge in [0.25, 0.3) is 5.91 Å².